The number of carboxylic acid groups (broad SMARTS) is 1. The van der Waals surface area contributed by atoms with Crippen LogP contribution in [0.25, 0.3) is 0 Å². The van der Waals surface area contributed by atoms with Gasteiger partial charge in [-0.05, 0) is 23.6 Å². The molecule has 0 bridgehead atoms. The minimum atomic E-state index is -1.05. The van der Waals surface area contributed by atoms with Gasteiger partial charge < -0.3 is 24.7 Å². The fourth-order valence-electron chi connectivity index (χ4n) is 3.59. The number of pyridine rings is 2. The van der Waals surface area contributed by atoms with Gasteiger partial charge in [0.15, 0.2) is 0 Å². The van der Waals surface area contributed by atoms with Crippen molar-refractivity contribution in [2.45, 2.75) is 19.1 Å². The van der Waals surface area contributed by atoms with Crippen LogP contribution in [0, 0.1) is 5.82 Å². The van der Waals surface area contributed by atoms with Crippen LogP contribution in [0.3, 0.4) is 0 Å². The summed E-state index contributed by atoms with van der Waals surface area (Å²) in [6.45, 7) is 2.49. The maximum atomic E-state index is 14.3. The summed E-state index contributed by atoms with van der Waals surface area (Å²) >= 11 is 0. The molecule has 1 saturated heterocycles. The fourth-order valence-corrected chi connectivity index (χ4v) is 3.59. The molecule has 2 aliphatic rings. The first-order chi connectivity index (χ1) is 13.5. The number of rotatable bonds is 4. The average Bonchev–Trinajstić information content (AvgIpc) is 2.72. The first-order valence-corrected chi connectivity index (χ1v) is 9.14. The SMILES string of the molecule is O=C(O)c1cc2c(cn1)CN(c1cc(F)cc(N3CCOC(CO)C3)n1)CC2. The molecule has 2 aliphatic heterocycles. The predicted molar refractivity (Wildman–Crippen MR) is 99.2 cm³/mol. The third-order valence-corrected chi connectivity index (χ3v) is 5.07. The van der Waals surface area contributed by atoms with Crippen molar-refractivity contribution >= 4 is 17.6 Å². The van der Waals surface area contributed by atoms with Gasteiger partial charge in [0.1, 0.15) is 23.1 Å². The van der Waals surface area contributed by atoms with E-state index in [1.165, 1.54) is 12.1 Å². The summed E-state index contributed by atoms with van der Waals surface area (Å²) in [5.41, 5.74) is 1.89. The molecule has 0 saturated carbocycles. The smallest absolute Gasteiger partial charge is 0.354 e. The van der Waals surface area contributed by atoms with Gasteiger partial charge in [0.25, 0.3) is 0 Å². The third kappa shape index (κ3) is 3.76. The highest BCUT2D eigenvalue weighted by molar-refractivity contribution is 5.85. The molecule has 9 heteroatoms. The number of aromatic carboxylic acids is 1. The van der Waals surface area contributed by atoms with Crippen LogP contribution in [0.4, 0.5) is 16.0 Å². The Morgan fingerprint density at radius 1 is 1.21 bits per heavy atom. The van der Waals surface area contributed by atoms with E-state index in [-0.39, 0.29) is 24.2 Å². The minimum Gasteiger partial charge on any atom is -0.477 e. The standard InChI is InChI=1S/C19H21FN4O4/c20-14-6-17(22-18(7-14)24-3-4-28-15(10-24)11-25)23-2-1-12-5-16(19(26)27)21-8-13(12)9-23/h5-8,15,25H,1-4,9-11H2,(H,26,27). The summed E-state index contributed by atoms with van der Waals surface area (Å²) < 4.78 is 19.8. The van der Waals surface area contributed by atoms with E-state index in [0.29, 0.717) is 50.8 Å². The van der Waals surface area contributed by atoms with Crippen molar-refractivity contribution in [3.8, 4) is 0 Å². The van der Waals surface area contributed by atoms with Crippen molar-refractivity contribution in [3.05, 3.63) is 47.0 Å². The molecule has 8 nitrogen and oxygen atoms in total. The van der Waals surface area contributed by atoms with Crippen LogP contribution in [0.15, 0.2) is 24.4 Å². The second kappa shape index (κ2) is 7.69. The molecule has 0 aliphatic carbocycles. The van der Waals surface area contributed by atoms with E-state index < -0.39 is 5.97 Å². The zero-order valence-electron chi connectivity index (χ0n) is 15.2. The number of anilines is 2. The van der Waals surface area contributed by atoms with E-state index in [0.717, 1.165) is 11.1 Å². The molecule has 1 unspecified atom stereocenters. The number of halogens is 1. The van der Waals surface area contributed by atoms with Crippen LogP contribution in [-0.4, -0.2) is 65.1 Å². The molecule has 2 aromatic heterocycles. The zero-order chi connectivity index (χ0) is 19.7. The number of carbonyl (C=O) groups is 1. The van der Waals surface area contributed by atoms with Crippen molar-refractivity contribution in [1.29, 1.82) is 0 Å². The monoisotopic (exact) mass is 388 g/mol. The molecule has 1 atom stereocenters. The second-order valence-corrected chi connectivity index (χ2v) is 6.94. The molecule has 0 spiro atoms. The van der Waals surface area contributed by atoms with Crippen LogP contribution in [0.2, 0.25) is 0 Å². The Kier molecular flexibility index (Phi) is 5.10. The number of aliphatic hydroxyl groups excluding tert-OH is 1. The number of fused-ring (bicyclic) bond motifs is 1. The first kappa shape index (κ1) is 18.6. The van der Waals surface area contributed by atoms with Gasteiger partial charge in [-0.15, -0.1) is 0 Å². The molecule has 28 heavy (non-hydrogen) atoms. The van der Waals surface area contributed by atoms with E-state index in [1.807, 2.05) is 9.80 Å². The molecule has 2 aromatic rings. The van der Waals surface area contributed by atoms with Crippen molar-refractivity contribution < 1.29 is 24.1 Å². The lowest BCUT2D eigenvalue weighted by atomic mass is 10.0. The highest BCUT2D eigenvalue weighted by Gasteiger charge is 2.24. The highest BCUT2D eigenvalue weighted by Crippen LogP contribution is 2.27. The van der Waals surface area contributed by atoms with E-state index in [1.54, 1.807) is 12.3 Å². The summed E-state index contributed by atoms with van der Waals surface area (Å²) in [5.74, 6) is -0.387. The average molecular weight is 388 g/mol. The van der Waals surface area contributed by atoms with Crippen LogP contribution >= 0.6 is 0 Å². The van der Waals surface area contributed by atoms with E-state index in [9.17, 15) is 14.3 Å². The molecular formula is C19H21FN4O4. The van der Waals surface area contributed by atoms with Crippen molar-refractivity contribution in [3.63, 3.8) is 0 Å². The number of morpholine rings is 1. The Bertz CT molecular complexity index is 894. The van der Waals surface area contributed by atoms with Crippen LogP contribution in [-0.2, 0) is 17.7 Å². The number of aliphatic hydroxyl groups is 1. The van der Waals surface area contributed by atoms with Crippen LogP contribution in [0.1, 0.15) is 21.6 Å². The first-order valence-electron chi connectivity index (χ1n) is 9.14. The van der Waals surface area contributed by atoms with Gasteiger partial charge in [0.2, 0.25) is 0 Å². The maximum Gasteiger partial charge on any atom is 0.354 e. The lowest BCUT2D eigenvalue weighted by Gasteiger charge is -2.34. The quantitative estimate of drug-likeness (QED) is 0.803. The molecule has 0 amide bonds. The van der Waals surface area contributed by atoms with Gasteiger partial charge in [0, 0.05) is 44.5 Å². The number of aromatic nitrogens is 2. The minimum absolute atomic E-state index is 0.0316. The summed E-state index contributed by atoms with van der Waals surface area (Å²) in [4.78, 5) is 23.6. The van der Waals surface area contributed by atoms with E-state index in [2.05, 4.69) is 9.97 Å². The summed E-state index contributed by atoms with van der Waals surface area (Å²) in [6.07, 6.45) is 1.90. The third-order valence-electron chi connectivity index (χ3n) is 5.07. The number of nitrogens with zero attached hydrogens (tertiary/aromatic N) is 4. The Hall–Kier alpha value is -2.78. The topological polar surface area (TPSA) is 99.0 Å². The van der Waals surface area contributed by atoms with Crippen LogP contribution < -0.4 is 9.80 Å². The fraction of sp³-hybridized carbons (Fsp3) is 0.421. The molecule has 0 aromatic carbocycles. The Morgan fingerprint density at radius 2 is 2.00 bits per heavy atom. The lowest BCUT2D eigenvalue weighted by molar-refractivity contribution is 0.00335. The maximum absolute atomic E-state index is 14.3. The highest BCUT2D eigenvalue weighted by atomic mass is 19.1. The summed E-state index contributed by atoms with van der Waals surface area (Å²) in [6, 6.07) is 4.39. The lowest BCUT2D eigenvalue weighted by Crippen LogP contribution is -2.44. The largest absolute Gasteiger partial charge is 0.477 e. The number of carboxylic acids is 1. The molecule has 4 heterocycles. The summed E-state index contributed by atoms with van der Waals surface area (Å²) in [7, 11) is 0. The molecule has 0 radical (unpaired) electrons. The summed E-state index contributed by atoms with van der Waals surface area (Å²) in [5, 5.41) is 18.4. The van der Waals surface area contributed by atoms with Gasteiger partial charge in [-0.1, -0.05) is 0 Å². The second-order valence-electron chi connectivity index (χ2n) is 6.94. The molecule has 4 rings (SSSR count). The molecule has 2 N–H and O–H groups in total. The van der Waals surface area contributed by atoms with E-state index >= 15 is 0 Å². The number of hydrogen-bond donors (Lipinski definition) is 2. The zero-order valence-corrected chi connectivity index (χ0v) is 15.2. The normalized spacial score (nSPS) is 19.4. The van der Waals surface area contributed by atoms with Crippen molar-refractivity contribution in [1.82, 2.24) is 9.97 Å². The Labute approximate surface area is 161 Å². The van der Waals surface area contributed by atoms with Gasteiger partial charge in [-0.25, -0.2) is 19.2 Å². The van der Waals surface area contributed by atoms with Gasteiger partial charge >= 0.3 is 5.97 Å². The number of hydrogen-bond acceptors (Lipinski definition) is 7. The molecular weight excluding hydrogens is 367 g/mol. The van der Waals surface area contributed by atoms with Gasteiger partial charge in [-0.2, -0.15) is 0 Å². The van der Waals surface area contributed by atoms with Crippen LogP contribution in [0.5, 0.6) is 0 Å². The predicted octanol–water partition coefficient (Wildman–Crippen LogP) is 1.07. The Morgan fingerprint density at radius 3 is 2.75 bits per heavy atom. The van der Waals surface area contributed by atoms with Crippen molar-refractivity contribution in [2.24, 2.45) is 0 Å². The number of ether oxygens (including phenoxy) is 1. The van der Waals surface area contributed by atoms with Crippen molar-refractivity contribution in [2.75, 3.05) is 42.6 Å². The van der Waals surface area contributed by atoms with Gasteiger partial charge in [-0.3, -0.25) is 0 Å². The van der Waals surface area contributed by atoms with E-state index in [4.69, 9.17) is 9.84 Å². The Balaban J connectivity index is 1.56. The molecule has 1 fully saturated rings. The van der Waals surface area contributed by atoms with Gasteiger partial charge in [0.05, 0.1) is 19.3 Å². The molecule has 148 valence electrons.